The van der Waals surface area contributed by atoms with Crippen molar-refractivity contribution in [3.63, 3.8) is 0 Å². The lowest BCUT2D eigenvalue weighted by Crippen LogP contribution is -2.08. The van der Waals surface area contributed by atoms with Crippen molar-refractivity contribution in [1.82, 2.24) is 0 Å². The van der Waals surface area contributed by atoms with Gasteiger partial charge < -0.3 is 5.11 Å². The first kappa shape index (κ1) is 15.8. The average molecular weight is 319 g/mol. The van der Waals surface area contributed by atoms with Crippen molar-refractivity contribution >= 4 is 11.6 Å². The Hall–Kier alpha value is -1.59. The van der Waals surface area contributed by atoms with E-state index < -0.39 is 23.7 Å². The van der Waals surface area contributed by atoms with Gasteiger partial charge in [-0.1, -0.05) is 35.9 Å². The minimum absolute atomic E-state index is 0.0366. The molecule has 0 saturated carbocycles. The van der Waals surface area contributed by atoms with Gasteiger partial charge in [-0.05, 0) is 23.8 Å². The molecule has 0 aliphatic heterocycles. The molecule has 0 spiro atoms. The lowest BCUT2D eigenvalue weighted by atomic mass is 9.99. The number of halogens is 5. The Morgan fingerprint density at radius 2 is 1.76 bits per heavy atom. The molecule has 6 heteroatoms. The van der Waals surface area contributed by atoms with Crippen LogP contribution in [0.15, 0.2) is 42.5 Å². The van der Waals surface area contributed by atoms with E-state index in [9.17, 15) is 22.7 Å². The monoisotopic (exact) mass is 318 g/mol. The number of aliphatic hydroxyl groups excluding tert-OH is 1. The summed E-state index contributed by atoms with van der Waals surface area (Å²) in [5.74, 6) is -0.693. The molecule has 2 aromatic carbocycles. The fourth-order valence-electron chi connectivity index (χ4n) is 2.03. The van der Waals surface area contributed by atoms with Crippen LogP contribution >= 0.6 is 11.6 Å². The molecule has 1 unspecified atom stereocenters. The van der Waals surface area contributed by atoms with Gasteiger partial charge >= 0.3 is 6.18 Å². The van der Waals surface area contributed by atoms with Crippen molar-refractivity contribution in [2.24, 2.45) is 0 Å². The van der Waals surface area contributed by atoms with Crippen molar-refractivity contribution in [2.75, 3.05) is 0 Å². The van der Waals surface area contributed by atoms with Crippen molar-refractivity contribution in [3.8, 4) is 0 Å². The molecular weight excluding hydrogens is 308 g/mol. The Balaban J connectivity index is 2.26. The summed E-state index contributed by atoms with van der Waals surface area (Å²) in [6.07, 6.45) is -5.94. The first-order chi connectivity index (χ1) is 9.79. The van der Waals surface area contributed by atoms with Gasteiger partial charge in [0.1, 0.15) is 5.82 Å². The number of hydrogen-bond acceptors (Lipinski definition) is 1. The molecule has 0 saturated heterocycles. The number of rotatable bonds is 3. The largest absolute Gasteiger partial charge is 0.416 e. The van der Waals surface area contributed by atoms with Gasteiger partial charge in [0.2, 0.25) is 0 Å². The predicted octanol–water partition coefficient (Wildman–Crippen LogP) is 4.77. The Morgan fingerprint density at radius 1 is 1.10 bits per heavy atom. The highest BCUT2D eigenvalue weighted by molar-refractivity contribution is 6.31. The Morgan fingerprint density at radius 3 is 2.38 bits per heavy atom. The lowest BCUT2D eigenvalue weighted by molar-refractivity contribution is -0.137. The second-order valence-corrected chi connectivity index (χ2v) is 4.96. The van der Waals surface area contributed by atoms with Crippen LogP contribution in [0.25, 0.3) is 0 Å². The summed E-state index contributed by atoms with van der Waals surface area (Å²) in [4.78, 5) is 0. The number of benzene rings is 2. The second-order valence-electron chi connectivity index (χ2n) is 4.55. The molecule has 0 heterocycles. The van der Waals surface area contributed by atoms with Crippen LogP contribution in [-0.2, 0) is 12.6 Å². The summed E-state index contributed by atoms with van der Waals surface area (Å²) < 4.78 is 51.5. The third-order valence-electron chi connectivity index (χ3n) is 3.02. The third-order valence-corrected chi connectivity index (χ3v) is 3.35. The lowest BCUT2D eigenvalue weighted by Gasteiger charge is -2.15. The molecular formula is C15H11ClF4O. The van der Waals surface area contributed by atoms with Gasteiger partial charge in [0.25, 0.3) is 0 Å². The molecule has 0 amide bonds. The summed E-state index contributed by atoms with van der Waals surface area (Å²) in [5.41, 5.74) is -0.681. The first-order valence-corrected chi connectivity index (χ1v) is 6.45. The normalized spacial score (nSPS) is 13.2. The SMILES string of the molecule is OC(Cc1cccc(C(F)(F)F)c1)c1c(F)cccc1Cl. The highest BCUT2D eigenvalue weighted by Crippen LogP contribution is 2.32. The molecule has 0 fully saturated rings. The second kappa shape index (κ2) is 6.03. The quantitative estimate of drug-likeness (QED) is 0.808. The molecule has 0 radical (unpaired) electrons. The van der Waals surface area contributed by atoms with Gasteiger partial charge in [0.15, 0.2) is 0 Å². The van der Waals surface area contributed by atoms with E-state index >= 15 is 0 Å². The van der Waals surface area contributed by atoms with Crippen LogP contribution in [-0.4, -0.2) is 5.11 Å². The van der Waals surface area contributed by atoms with E-state index in [1.807, 2.05) is 0 Å². The molecule has 2 aromatic rings. The van der Waals surface area contributed by atoms with Gasteiger partial charge in [-0.15, -0.1) is 0 Å². The fraction of sp³-hybridized carbons (Fsp3) is 0.200. The highest BCUT2D eigenvalue weighted by Gasteiger charge is 2.30. The van der Waals surface area contributed by atoms with Crippen molar-refractivity contribution in [2.45, 2.75) is 18.7 Å². The smallest absolute Gasteiger partial charge is 0.388 e. The van der Waals surface area contributed by atoms with E-state index in [1.54, 1.807) is 0 Å². The van der Waals surface area contributed by atoms with Crippen LogP contribution in [0.3, 0.4) is 0 Å². The molecule has 1 atom stereocenters. The maximum atomic E-state index is 13.6. The van der Waals surface area contributed by atoms with E-state index in [0.29, 0.717) is 0 Å². The molecule has 0 aliphatic rings. The van der Waals surface area contributed by atoms with Gasteiger partial charge in [-0.2, -0.15) is 13.2 Å². The average Bonchev–Trinajstić information content (AvgIpc) is 2.37. The Labute approximate surface area is 123 Å². The maximum absolute atomic E-state index is 13.6. The molecule has 1 N–H and O–H groups in total. The van der Waals surface area contributed by atoms with E-state index in [1.165, 1.54) is 24.3 Å². The summed E-state index contributed by atoms with van der Waals surface area (Å²) in [6.45, 7) is 0. The maximum Gasteiger partial charge on any atom is 0.416 e. The molecule has 21 heavy (non-hydrogen) atoms. The van der Waals surface area contributed by atoms with Crippen LogP contribution in [0.2, 0.25) is 5.02 Å². The van der Waals surface area contributed by atoms with Crippen LogP contribution in [0.5, 0.6) is 0 Å². The molecule has 2 rings (SSSR count). The molecule has 1 nitrogen and oxygen atoms in total. The minimum Gasteiger partial charge on any atom is -0.388 e. The predicted molar refractivity (Wildman–Crippen MR) is 71.5 cm³/mol. The van der Waals surface area contributed by atoms with Crippen molar-refractivity contribution < 1.29 is 22.7 Å². The van der Waals surface area contributed by atoms with Crippen LogP contribution in [0.4, 0.5) is 17.6 Å². The summed E-state index contributed by atoms with van der Waals surface area (Å²) in [7, 11) is 0. The van der Waals surface area contributed by atoms with Gasteiger partial charge in [-0.3, -0.25) is 0 Å². The summed E-state index contributed by atoms with van der Waals surface area (Å²) in [6, 6.07) is 8.48. The molecule has 0 aromatic heterocycles. The molecule has 112 valence electrons. The van der Waals surface area contributed by atoms with Gasteiger partial charge in [0.05, 0.1) is 11.7 Å². The van der Waals surface area contributed by atoms with Gasteiger partial charge in [0, 0.05) is 17.0 Å². The Kier molecular flexibility index (Phi) is 4.54. The summed E-state index contributed by atoms with van der Waals surface area (Å²) in [5, 5.41) is 10.1. The zero-order valence-corrected chi connectivity index (χ0v) is 11.4. The number of hydrogen-bond donors (Lipinski definition) is 1. The van der Waals surface area contributed by atoms with Gasteiger partial charge in [-0.25, -0.2) is 4.39 Å². The third kappa shape index (κ3) is 3.74. The van der Waals surface area contributed by atoms with E-state index in [-0.39, 0.29) is 22.6 Å². The van der Waals surface area contributed by atoms with Crippen LogP contribution in [0, 0.1) is 5.82 Å². The van der Waals surface area contributed by atoms with Crippen LogP contribution in [0.1, 0.15) is 22.8 Å². The summed E-state index contributed by atoms with van der Waals surface area (Å²) >= 11 is 5.81. The zero-order chi connectivity index (χ0) is 15.6. The van der Waals surface area contributed by atoms with E-state index in [4.69, 9.17) is 11.6 Å². The van der Waals surface area contributed by atoms with Crippen molar-refractivity contribution in [1.29, 1.82) is 0 Å². The minimum atomic E-state index is -4.46. The number of aliphatic hydroxyl groups is 1. The standard InChI is InChI=1S/C15H11ClF4O/c16-11-5-2-6-12(17)14(11)13(21)8-9-3-1-4-10(7-9)15(18,19)20/h1-7,13,21H,8H2. The van der Waals surface area contributed by atoms with E-state index in [0.717, 1.165) is 18.2 Å². The Bertz CT molecular complexity index is 620. The van der Waals surface area contributed by atoms with Crippen molar-refractivity contribution in [3.05, 3.63) is 70.0 Å². The van der Waals surface area contributed by atoms with Crippen LogP contribution < -0.4 is 0 Å². The topological polar surface area (TPSA) is 20.2 Å². The first-order valence-electron chi connectivity index (χ1n) is 6.07. The van der Waals surface area contributed by atoms with E-state index in [2.05, 4.69) is 0 Å². The molecule has 0 aliphatic carbocycles. The zero-order valence-electron chi connectivity index (χ0n) is 10.7. The number of alkyl halides is 3. The fourth-order valence-corrected chi connectivity index (χ4v) is 2.32. The molecule has 0 bridgehead atoms. The highest BCUT2D eigenvalue weighted by atomic mass is 35.5.